The quantitative estimate of drug-likeness (QED) is 0.676. The van der Waals surface area contributed by atoms with Gasteiger partial charge in [0, 0.05) is 48.8 Å². The van der Waals surface area contributed by atoms with Gasteiger partial charge in [0.15, 0.2) is 0 Å². The summed E-state index contributed by atoms with van der Waals surface area (Å²) in [4.78, 5) is 28.8. The summed E-state index contributed by atoms with van der Waals surface area (Å²) in [5.41, 5.74) is 1.39. The third kappa shape index (κ3) is 3.57. The summed E-state index contributed by atoms with van der Waals surface area (Å²) in [5.74, 6) is -0.388. The molecule has 0 aliphatic carbocycles. The molecule has 2 heterocycles. The zero-order valence-corrected chi connectivity index (χ0v) is 16.7. The van der Waals surface area contributed by atoms with E-state index in [2.05, 4.69) is 15.6 Å². The molecule has 28 heavy (non-hydrogen) atoms. The van der Waals surface area contributed by atoms with Crippen molar-refractivity contribution in [2.45, 2.75) is 26.8 Å². The molecule has 8 heteroatoms. The molecule has 0 fully saturated rings. The van der Waals surface area contributed by atoms with Gasteiger partial charge in [-0.15, -0.1) is 0 Å². The summed E-state index contributed by atoms with van der Waals surface area (Å²) in [6, 6.07) is 5.88. The van der Waals surface area contributed by atoms with Crippen LogP contribution in [-0.2, 0) is 4.79 Å². The van der Waals surface area contributed by atoms with Crippen LogP contribution < -0.4 is 16.2 Å². The highest BCUT2D eigenvalue weighted by Crippen LogP contribution is 2.33. The summed E-state index contributed by atoms with van der Waals surface area (Å²) in [6.45, 7) is 5.16. The number of amides is 1. The number of aromatic nitrogens is 2. The number of nitrogens with zero attached hydrogens (tertiary/aromatic N) is 2. The van der Waals surface area contributed by atoms with Crippen molar-refractivity contribution in [2.75, 3.05) is 17.7 Å². The predicted octanol–water partition coefficient (Wildman–Crippen LogP) is 4.44. The van der Waals surface area contributed by atoms with Gasteiger partial charge in [-0.3, -0.25) is 9.59 Å². The van der Waals surface area contributed by atoms with Gasteiger partial charge in [-0.2, -0.15) is 0 Å². The third-order valence-corrected chi connectivity index (χ3v) is 4.67. The van der Waals surface area contributed by atoms with Gasteiger partial charge in [0.05, 0.1) is 16.2 Å². The van der Waals surface area contributed by atoms with Crippen molar-refractivity contribution in [3.05, 3.63) is 51.7 Å². The number of fused-ring (bicyclic) bond motifs is 1. The molecule has 2 N–H and O–H groups in total. The minimum absolute atomic E-state index is 0.145. The highest BCUT2D eigenvalue weighted by molar-refractivity contribution is 6.33. The molecule has 0 atom stereocenters. The second kappa shape index (κ2) is 7.59. The molecule has 0 bridgehead atoms. The summed E-state index contributed by atoms with van der Waals surface area (Å²) < 4.78 is 15.6. The molecule has 0 radical (unpaired) electrons. The fourth-order valence-corrected chi connectivity index (χ4v) is 3.39. The van der Waals surface area contributed by atoms with E-state index in [1.165, 1.54) is 19.1 Å². The fraction of sp³-hybridized carbons (Fsp3) is 0.250. The van der Waals surface area contributed by atoms with Gasteiger partial charge >= 0.3 is 0 Å². The second-order valence-corrected chi connectivity index (χ2v) is 7.11. The number of anilines is 2. The molecule has 0 aliphatic rings. The van der Waals surface area contributed by atoms with Crippen molar-refractivity contribution in [1.82, 2.24) is 9.55 Å². The Labute approximate surface area is 166 Å². The minimum Gasteiger partial charge on any atom is -0.386 e. The Kier molecular flexibility index (Phi) is 5.38. The Bertz CT molecular complexity index is 1140. The Morgan fingerprint density at radius 1 is 1.21 bits per heavy atom. The smallest absolute Gasteiger partial charge is 0.259 e. The molecule has 6 nitrogen and oxygen atoms in total. The zero-order chi connectivity index (χ0) is 20.6. The maximum absolute atomic E-state index is 14.0. The van der Waals surface area contributed by atoms with E-state index in [0.29, 0.717) is 27.8 Å². The Balaban J connectivity index is 2.33. The molecular weight excluding hydrogens is 383 g/mol. The van der Waals surface area contributed by atoms with Crippen molar-refractivity contribution < 1.29 is 9.18 Å². The highest BCUT2D eigenvalue weighted by atomic mass is 35.5. The number of halogens is 2. The Morgan fingerprint density at radius 3 is 2.54 bits per heavy atom. The SMILES string of the molecule is CNc1cc(-c2cc3cnc(NC(C)=O)cc3n(C(C)C)c2=O)c(Cl)cc1F. The first-order valence-electron chi connectivity index (χ1n) is 8.73. The van der Waals surface area contributed by atoms with Crippen molar-refractivity contribution >= 4 is 39.9 Å². The van der Waals surface area contributed by atoms with Crippen molar-refractivity contribution in [1.29, 1.82) is 0 Å². The normalized spacial score (nSPS) is 11.1. The zero-order valence-electron chi connectivity index (χ0n) is 15.9. The van der Waals surface area contributed by atoms with E-state index in [4.69, 9.17) is 11.6 Å². The number of hydrogen-bond acceptors (Lipinski definition) is 4. The average molecular weight is 403 g/mol. The van der Waals surface area contributed by atoms with Gasteiger partial charge < -0.3 is 15.2 Å². The molecule has 3 aromatic rings. The van der Waals surface area contributed by atoms with Crippen LogP contribution in [0.5, 0.6) is 0 Å². The number of pyridine rings is 2. The lowest BCUT2D eigenvalue weighted by Crippen LogP contribution is -2.24. The summed E-state index contributed by atoms with van der Waals surface area (Å²) in [7, 11) is 1.59. The molecule has 146 valence electrons. The molecule has 0 spiro atoms. The molecule has 3 rings (SSSR count). The lowest BCUT2D eigenvalue weighted by molar-refractivity contribution is -0.114. The summed E-state index contributed by atoms with van der Waals surface area (Å²) in [6.07, 6.45) is 1.58. The summed E-state index contributed by atoms with van der Waals surface area (Å²) >= 11 is 6.25. The van der Waals surface area contributed by atoms with Crippen LogP contribution in [0.15, 0.2) is 35.3 Å². The van der Waals surface area contributed by atoms with Crippen LogP contribution in [0.3, 0.4) is 0 Å². The largest absolute Gasteiger partial charge is 0.386 e. The van der Waals surface area contributed by atoms with Crippen molar-refractivity contribution in [3.63, 3.8) is 0 Å². The van der Waals surface area contributed by atoms with E-state index in [0.717, 1.165) is 0 Å². The molecule has 1 amide bonds. The first-order chi connectivity index (χ1) is 13.2. The van der Waals surface area contributed by atoms with Gasteiger partial charge in [-0.05, 0) is 32.0 Å². The van der Waals surface area contributed by atoms with Crippen LogP contribution in [0.1, 0.15) is 26.8 Å². The van der Waals surface area contributed by atoms with Crippen LogP contribution >= 0.6 is 11.6 Å². The van der Waals surface area contributed by atoms with E-state index < -0.39 is 5.82 Å². The van der Waals surface area contributed by atoms with Crippen molar-refractivity contribution in [2.24, 2.45) is 0 Å². The number of hydrogen-bond donors (Lipinski definition) is 2. The first kappa shape index (κ1) is 19.8. The number of rotatable bonds is 4. The van der Waals surface area contributed by atoms with Gasteiger partial charge in [0.25, 0.3) is 5.56 Å². The molecule has 0 saturated carbocycles. The van der Waals surface area contributed by atoms with E-state index in [-0.39, 0.29) is 28.2 Å². The van der Waals surface area contributed by atoms with E-state index in [1.807, 2.05) is 13.8 Å². The highest BCUT2D eigenvalue weighted by Gasteiger charge is 2.18. The number of carbonyl (C=O) groups excluding carboxylic acids is 1. The number of carbonyl (C=O) groups is 1. The van der Waals surface area contributed by atoms with E-state index in [1.54, 1.807) is 29.9 Å². The van der Waals surface area contributed by atoms with Gasteiger partial charge in [-0.25, -0.2) is 9.37 Å². The van der Waals surface area contributed by atoms with Crippen LogP contribution in [0, 0.1) is 5.82 Å². The van der Waals surface area contributed by atoms with Crippen LogP contribution in [0.25, 0.3) is 22.0 Å². The molecule has 1 aromatic carbocycles. The Hall–Kier alpha value is -2.93. The number of benzene rings is 1. The Morgan fingerprint density at radius 2 is 1.93 bits per heavy atom. The van der Waals surface area contributed by atoms with Gasteiger partial charge in [0.1, 0.15) is 11.6 Å². The fourth-order valence-electron chi connectivity index (χ4n) is 3.13. The van der Waals surface area contributed by atoms with Crippen LogP contribution in [-0.4, -0.2) is 22.5 Å². The van der Waals surface area contributed by atoms with Gasteiger partial charge in [0.2, 0.25) is 5.91 Å². The second-order valence-electron chi connectivity index (χ2n) is 6.70. The molecule has 0 saturated heterocycles. The topological polar surface area (TPSA) is 76.0 Å². The third-order valence-electron chi connectivity index (χ3n) is 4.36. The maximum atomic E-state index is 14.0. The first-order valence-corrected chi connectivity index (χ1v) is 9.10. The van der Waals surface area contributed by atoms with Crippen molar-refractivity contribution in [3.8, 4) is 11.1 Å². The molecule has 0 unspecified atom stereocenters. The van der Waals surface area contributed by atoms with Gasteiger partial charge in [-0.1, -0.05) is 11.6 Å². The molecular formula is C20H20ClFN4O2. The average Bonchev–Trinajstić information content (AvgIpc) is 2.61. The molecule has 0 aliphatic heterocycles. The van der Waals surface area contributed by atoms with Crippen LogP contribution in [0.2, 0.25) is 5.02 Å². The van der Waals surface area contributed by atoms with Crippen LogP contribution in [0.4, 0.5) is 15.9 Å². The monoisotopic (exact) mass is 402 g/mol. The summed E-state index contributed by atoms with van der Waals surface area (Å²) in [5, 5.41) is 6.22. The lowest BCUT2D eigenvalue weighted by atomic mass is 10.0. The minimum atomic E-state index is -0.497. The van der Waals surface area contributed by atoms with E-state index >= 15 is 0 Å². The standard InChI is InChI=1S/C20H20ClFN4O2/c1-10(2)26-18-8-19(25-11(3)27)24-9-12(18)5-14(20(26)28)13-6-17(23-4)16(22)7-15(13)21/h5-10,23H,1-4H3,(H,24,25,27). The predicted molar refractivity (Wildman–Crippen MR) is 111 cm³/mol. The number of nitrogens with one attached hydrogen (secondary N) is 2. The molecule has 2 aromatic heterocycles. The maximum Gasteiger partial charge on any atom is 0.259 e. The van der Waals surface area contributed by atoms with E-state index in [9.17, 15) is 14.0 Å². The lowest BCUT2D eigenvalue weighted by Gasteiger charge is -2.18.